The number of carbonyl (C=O) groups is 2. The van der Waals surface area contributed by atoms with E-state index >= 15 is 0 Å². The Balaban J connectivity index is 1.23. The van der Waals surface area contributed by atoms with Gasteiger partial charge in [0.15, 0.2) is 0 Å². The maximum Gasteiger partial charge on any atom is 0.223 e. The maximum absolute atomic E-state index is 12.6. The van der Waals surface area contributed by atoms with E-state index < -0.39 is 0 Å². The fourth-order valence-corrected chi connectivity index (χ4v) is 3.96. The molecule has 2 amide bonds. The molecule has 6 nitrogen and oxygen atoms in total. The molecule has 0 bridgehead atoms. The van der Waals surface area contributed by atoms with Crippen molar-refractivity contribution in [2.75, 3.05) is 37.6 Å². The van der Waals surface area contributed by atoms with Gasteiger partial charge in [-0.25, -0.2) is 4.98 Å². The Labute approximate surface area is 165 Å². The zero-order valence-corrected chi connectivity index (χ0v) is 16.1. The quantitative estimate of drug-likeness (QED) is 0.818. The minimum Gasteiger partial charge on any atom is -0.353 e. The molecule has 1 fully saturated rings. The van der Waals surface area contributed by atoms with E-state index in [0.29, 0.717) is 32.5 Å². The van der Waals surface area contributed by atoms with Gasteiger partial charge in [0.25, 0.3) is 0 Å². The van der Waals surface area contributed by atoms with Gasteiger partial charge in [-0.2, -0.15) is 0 Å². The summed E-state index contributed by atoms with van der Waals surface area (Å²) in [5, 5.41) is 0. The maximum atomic E-state index is 12.6. The standard InChI is InChI=1S/C22H26N4O2/c27-21(25-15-13-24(14-16-25)20-7-3-4-11-23-20)8-9-22(28)26-12-10-18-5-1-2-6-19(18)17-26/h1-7,11H,8-10,12-17H2. The summed E-state index contributed by atoms with van der Waals surface area (Å²) in [6, 6.07) is 14.1. The largest absolute Gasteiger partial charge is 0.353 e. The highest BCUT2D eigenvalue weighted by molar-refractivity contribution is 5.84. The van der Waals surface area contributed by atoms with Gasteiger partial charge in [-0.1, -0.05) is 30.3 Å². The first-order valence-corrected chi connectivity index (χ1v) is 9.99. The van der Waals surface area contributed by atoms with Crippen molar-refractivity contribution in [3.63, 3.8) is 0 Å². The number of carbonyl (C=O) groups excluding carboxylic acids is 2. The molecule has 0 spiro atoms. The fourth-order valence-electron chi connectivity index (χ4n) is 3.96. The van der Waals surface area contributed by atoms with Gasteiger partial charge in [-0.15, -0.1) is 0 Å². The van der Waals surface area contributed by atoms with Crippen LogP contribution < -0.4 is 4.90 Å². The van der Waals surface area contributed by atoms with Crippen molar-refractivity contribution in [1.82, 2.24) is 14.8 Å². The Kier molecular flexibility index (Phi) is 5.55. The average Bonchev–Trinajstić information content (AvgIpc) is 2.77. The van der Waals surface area contributed by atoms with Gasteiger partial charge < -0.3 is 14.7 Å². The third-order valence-electron chi connectivity index (χ3n) is 5.64. The topological polar surface area (TPSA) is 56.8 Å². The van der Waals surface area contributed by atoms with E-state index in [1.807, 2.05) is 40.1 Å². The Morgan fingerprint density at radius 2 is 1.46 bits per heavy atom. The van der Waals surface area contributed by atoms with Gasteiger partial charge in [0, 0.05) is 58.3 Å². The van der Waals surface area contributed by atoms with Crippen LogP contribution in [0.3, 0.4) is 0 Å². The van der Waals surface area contributed by atoms with Crippen LogP contribution in [-0.2, 0) is 22.6 Å². The molecular weight excluding hydrogens is 352 g/mol. The summed E-state index contributed by atoms with van der Waals surface area (Å²) in [5.74, 6) is 1.11. The van der Waals surface area contributed by atoms with Crippen molar-refractivity contribution in [2.24, 2.45) is 0 Å². The second-order valence-electron chi connectivity index (χ2n) is 7.39. The molecule has 1 saturated heterocycles. The first-order valence-electron chi connectivity index (χ1n) is 9.99. The van der Waals surface area contributed by atoms with E-state index in [1.165, 1.54) is 11.1 Å². The monoisotopic (exact) mass is 378 g/mol. The van der Waals surface area contributed by atoms with Gasteiger partial charge in [0.1, 0.15) is 5.82 Å². The number of nitrogens with zero attached hydrogens (tertiary/aromatic N) is 4. The second-order valence-corrected chi connectivity index (χ2v) is 7.39. The number of pyridine rings is 1. The lowest BCUT2D eigenvalue weighted by atomic mass is 9.99. The van der Waals surface area contributed by atoms with Crippen LogP contribution >= 0.6 is 0 Å². The minimum atomic E-state index is 0.0754. The van der Waals surface area contributed by atoms with E-state index in [4.69, 9.17) is 0 Å². The molecule has 6 heteroatoms. The fraction of sp³-hybridized carbons (Fsp3) is 0.409. The van der Waals surface area contributed by atoms with Crippen LogP contribution in [0.15, 0.2) is 48.7 Å². The van der Waals surface area contributed by atoms with Crippen molar-refractivity contribution in [3.8, 4) is 0 Å². The number of fused-ring (bicyclic) bond motifs is 1. The third kappa shape index (κ3) is 4.16. The Morgan fingerprint density at radius 3 is 2.18 bits per heavy atom. The minimum absolute atomic E-state index is 0.0754. The third-order valence-corrected chi connectivity index (χ3v) is 5.64. The van der Waals surface area contributed by atoms with Gasteiger partial charge >= 0.3 is 0 Å². The van der Waals surface area contributed by atoms with Gasteiger partial charge in [-0.05, 0) is 29.7 Å². The number of aromatic nitrogens is 1. The van der Waals surface area contributed by atoms with E-state index in [9.17, 15) is 9.59 Å². The van der Waals surface area contributed by atoms with Crippen molar-refractivity contribution in [2.45, 2.75) is 25.8 Å². The number of hydrogen-bond acceptors (Lipinski definition) is 4. The molecule has 0 N–H and O–H groups in total. The Bertz CT molecular complexity index is 831. The van der Waals surface area contributed by atoms with Crippen molar-refractivity contribution < 1.29 is 9.59 Å². The first-order chi connectivity index (χ1) is 13.7. The molecule has 0 aliphatic carbocycles. The van der Waals surface area contributed by atoms with Crippen molar-refractivity contribution in [3.05, 3.63) is 59.8 Å². The van der Waals surface area contributed by atoms with E-state index in [0.717, 1.165) is 31.9 Å². The van der Waals surface area contributed by atoms with Gasteiger partial charge in [0.05, 0.1) is 0 Å². The van der Waals surface area contributed by atoms with E-state index in [-0.39, 0.29) is 11.8 Å². The Hall–Kier alpha value is -2.89. The SMILES string of the molecule is O=C(CCC(=O)N1CCc2ccccc2C1)N1CCN(c2ccccn2)CC1. The zero-order valence-electron chi connectivity index (χ0n) is 16.1. The second kappa shape index (κ2) is 8.42. The molecule has 1 aromatic heterocycles. The molecule has 2 aliphatic heterocycles. The van der Waals surface area contributed by atoms with Gasteiger partial charge in [-0.3, -0.25) is 9.59 Å². The summed E-state index contributed by atoms with van der Waals surface area (Å²) in [6.07, 6.45) is 3.27. The average molecular weight is 378 g/mol. The number of anilines is 1. The molecule has 0 saturated carbocycles. The number of amides is 2. The molecule has 4 rings (SSSR count). The molecule has 2 aromatic rings. The van der Waals surface area contributed by atoms with E-state index in [2.05, 4.69) is 22.0 Å². The number of benzene rings is 1. The summed E-state index contributed by atoms with van der Waals surface area (Å²) in [7, 11) is 0. The van der Waals surface area contributed by atoms with Crippen LogP contribution in [0.4, 0.5) is 5.82 Å². The molecule has 0 radical (unpaired) electrons. The van der Waals surface area contributed by atoms with E-state index in [1.54, 1.807) is 6.20 Å². The molecule has 1 aromatic carbocycles. The van der Waals surface area contributed by atoms with Crippen LogP contribution in [0.2, 0.25) is 0 Å². The van der Waals surface area contributed by atoms with Crippen LogP contribution in [0.5, 0.6) is 0 Å². The predicted molar refractivity (Wildman–Crippen MR) is 108 cm³/mol. The highest BCUT2D eigenvalue weighted by atomic mass is 16.2. The van der Waals surface area contributed by atoms with Gasteiger partial charge in [0.2, 0.25) is 11.8 Å². The summed E-state index contributed by atoms with van der Waals surface area (Å²) in [6.45, 7) is 4.32. The first kappa shape index (κ1) is 18.5. The molecule has 0 atom stereocenters. The van der Waals surface area contributed by atoms with Crippen molar-refractivity contribution >= 4 is 17.6 Å². The molecule has 3 heterocycles. The normalized spacial score (nSPS) is 16.6. The van der Waals surface area contributed by atoms with Crippen LogP contribution in [-0.4, -0.2) is 59.3 Å². The van der Waals surface area contributed by atoms with Crippen LogP contribution in [0, 0.1) is 0 Å². The summed E-state index contributed by atoms with van der Waals surface area (Å²) >= 11 is 0. The molecular formula is C22H26N4O2. The number of hydrogen-bond donors (Lipinski definition) is 0. The Morgan fingerprint density at radius 1 is 0.786 bits per heavy atom. The summed E-state index contributed by atoms with van der Waals surface area (Å²) in [4.78, 5) is 35.4. The van der Waals surface area contributed by atoms with Crippen LogP contribution in [0.1, 0.15) is 24.0 Å². The smallest absolute Gasteiger partial charge is 0.223 e. The highest BCUT2D eigenvalue weighted by Crippen LogP contribution is 2.19. The van der Waals surface area contributed by atoms with Crippen molar-refractivity contribution in [1.29, 1.82) is 0 Å². The zero-order chi connectivity index (χ0) is 19.3. The molecule has 146 valence electrons. The van der Waals surface area contributed by atoms with Crippen LogP contribution in [0.25, 0.3) is 0 Å². The number of piperazine rings is 1. The lowest BCUT2D eigenvalue weighted by molar-refractivity contribution is -0.137. The highest BCUT2D eigenvalue weighted by Gasteiger charge is 2.24. The summed E-state index contributed by atoms with van der Waals surface area (Å²) in [5.41, 5.74) is 2.55. The lowest BCUT2D eigenvalue weighted by Crippen LogP contribution is -2.49. The molecule has 0 unspecified atom stereocenters. The lowest BCUT2D eigenvalue weighted by Gasteiger charge is -2.35. The molecule has 28 heavy (non-hydrogen) atoms. The predicted octanol–water partition coefficient (Wildman–Crippen LogP) is 2.10. The molecule has 2 aliphatic rings. The summed E-state index contributed by atoms with van der Waals surface area (Å²) < 4.78 is 0. The number of rotatable bonds is 4.